The molecule has 1 aliphatic heterocycles. The zero-order chi connectivity index (χ0) is 15.6. The number of rotatable bonds is 4. The number of carbonyl (C=O) groups is 3. The first-order chi connectivity index (χ1) is 9.79. The van der Waals surface area contributed by atoms with Crippen LogP contribution in [0.5, 0.6) is 0 Å². The monoisotopic (exact) mass is 289 g/mol. The highest BCUT2D eigenvalue weighted by molar-refractivity contribution is 6.00. The van der Waals surface area contributed by atoms with Gasteiger partial charge in [-0.3, -0.25) is 14.4 Å². The fourth-order valence-electron chi connectivity index (χ4n) is 2.33. The Morgan fingerprint density at radius 2 is 2.00 bits per heavy atom. The molecule has 0 fully saturated rings. The summed E-state index contributed by atoms with van der Waals surface area (Å²) in [6.07, 6.45) is 1.91. The topological polar surface area (TPSA) is 83.5 Å². The Morgan fingerprint density at radius 1 is 1.29 bits per heavy atom. The average Bonchev–Trinajstić information content (AvgIpc) is 2.57. The SMILES string of the molecule is CC(C)(CC(=O)c1ccc2c(c1)CCCC(=O)N2)C(=O)O. The molecular formula is C16H19NO4. The molecule has 1 aliphatic rings. The van der Waals surface area contributed by atoms with Crippen LogP contribution >= 0.6 is 0 Å². The highest BCUT2D eigenvalue weighted by atomic mass is 16.4. The summed E-state index contributed by atoms with van der Waals surface area (Å²) in [4.78, 5) is 34.8. The summed E-state index contributed by atoms with van der Waals surface area (Å²) in [5.41, 5.74) is 1.09. The Balaban J connectivity index is 2.22. The third-order valence-electron chi connectivity index (χ3n) is 3.73. The van der Waals surface area contributed by atoms with Crippen LogP contribution in [0.2, 0.25) is 0 Å². The normalized spacial score (nSPS) is 14.9. The van der Waals surface area contributed by atoms with Crippen LogP contribution in [-0.2, 0) is 16.0 Å². The lowest BCUT2D eigenvalue weighted by molar-refractivity contribution is -0.146. The van der Waals surface area contributed by atoms with Gasteiger partial charge in [0.05, 0.1) is 5.41 Å². The first-order valence-corrected chi connectivity index (χ1v) is 6.99. The van der Waals surface area contributed by atoms with Gasteiger partial charge in [-0.15, -0.1) is 0 Å². The molecule has 5 nitrogen and oxygen atoms in total. The summed E-state index contributed by atoms with van der Waals surface area (Å²) in [5, 5.41) is 11.9. The molecule has 1 aromatic rings. The van der Waals surface area contributed by atoms with Gasteiger partial charge in [0.25, 0.3) is 0 Å². The number of Topliss-reactive ketones (excluding diaryl/α,β-unsaturated/α-hetero) is 1. The molecule has 1 aromatic carbocycles. The van der Waals surface area contributed by atoms with Crippen LogP contribution in [0.15, 0.2) is 18.2 Å². The van der Waals surface area contributed by atoms with Gasteiger partial charge in [-0.2, -0.15) is 0 Å². The van der Waals surface area contributed by atoms with Crippen molar-refractivity contribution in [1.29, 1.82) is 0 Å². The predicted octanol–water partition coefficient (Wildman–Crippen LogP) is 2.64. The second-order valence-electron chi connectivity index (χ2n) is 6.06. The quantitative estimate of drug-likeness (QED) is 0.835. The standard InChI is InChI=1S/C16H19NO4/c1-16(2,15(20)21)9-13(18)11-6-7-12-10(8-11)4-3-5-14(19)17-12/h6-8H,3-5,9H2,1-2H3,(H,17,19)(H,20,21). The molecule has 0 atom stereocenters. The Labute approximate surface area is 123 Å². The van der Waals surface area contributed by atoms with E-state index in [1.165, 1.54) is 13.8 Å². The third kappa shape index (κ3) is 3.48. The number of carboxylic acids is 1. The minimum Gasteiger partial charge on any atom is -0.481 e. The number of anilines is 1. The van der Waals surface area contributed by atoms with Gasteiger partial charge in [0, 0.05) is 24.1 Å². The van der Waals surface area contributed by atoms with E-state index in [0.29, 0.717) is 12.0 Å². The van der Waals surface area contributed by atoms with Crippen molar-refractivity contribution in [3.8, 4) is 0 Å². The minimum absolute atomic E-state index is 0.0140. The summed E-state index contributed by atoms with van der Waals surface area (Å²) in [7, 11) is 0. The molecule has 5 heteroatoms. The molecule has 0 spiro atoms. The lowest BCUT2D eigenvalue weighted by Crippen LogP contribution is -2.27. The van der Waals surface area contributed by atoms with E-state index in [1.807, 2.05) is 0 Å². The molecule has 1 heterocycles. The largest absolute Gasteiger partial charge is 0.481 e. The van der Waals surface area contributed by atoms with Gasteiger partial charge in [-0.25, -0.2) is 0 Å². The number of hydrogen-bond donors (Lipinski definition) is 2. The molecule has 0 saturated heterocycles. The van der Waals surface area contributed by atoms with Gasteiger partial charge < -0.3 is 10.4 Å². The molecule has 0 radical (unpaired) electrons. The van der Waals surface area contributed by atoms with E-state index < -0.39 is 11.4 Å². The Morgan fingerprint density at radius 3 is 2.67 bits per heavy atom. The van der Waals surface area contributed by atoms with Gasteiger partial charge >= 0.3 is 5.97 Å². The molecule has 0 unspecified atom stereocenters. The number of carboxylic acid groups (broad SMARTS) is 1. The van der Waals surface area contributed by atoms with E-state index in [2.05, 4.69) is 5.32 Å². The van der Waals surface area contributed by atoms with Crippen LogP contribution < -0.4 is 5.32 Å². The number of nitrogens with one attached hydrogen (secondary N) is 1. The highest BCUT2D eigenvalue weighted by Crippen LogP contribution is 2.27. The number of aliphatic carboxylic acids is 1. The molecule has 1 amide bonds. The second-order valence-corrected chi connectivity index (χ2v) is 6.06. The van der Waals surface area contributed by atoms with E-state index in [9.17, 15) is 14.4 Å². The summed E-state index contributed by atoms with van der Waals surface area (Å²) in [6, 6.07) is 5.13. The fourth-order valence-corrected chi connectivity index (χ4v) is 2.33. The number of fused-ring (bicyclic) bond motifs is 1. The number of carbonyl (C=O) groups excluding carboxylic acids is 2. The van der Waals surface area contributed by atoms with Gasteiger partial charge in [0.1, 0.15) is 0 Å². The van der Waals surface area contributed by atoms with Crippen LogP contribution in [0.25, 0.3) is 0 Å². The van der Waals surface area contributed by atoms with Gasteiger partial charge in [0.2, 0.25) is 5.91 Å². The number of ketones is 1. The Kier molecular flexibility index (Phi) is 4.11. The average molecular weight is 289 g/mol. The molecule has 0 aromatic heterocycles. The van der Waals surface area contributed by atoms with Crippen molar-refractivity contribution >= 4 is 23.3 Å². The van der Waals surface area contributed by atoms with Gasteiger partial charge in [0.15, 0.2) is 5.78 Å². The number of amides is 1. The smallest absolute Gasteiger partial charge is 0.309 e. The van der Waals surface area contributed by atoms with Crippen molar-refractivity contribution in [2.75, 3.05) is 5.32 Å². The number of hydrogen-bond acceptors (Lipinski definition) is 3. The first-order valence-electron chi connectivity index (χ1n) is 6.99. The summed E-state index contributed by atoms with van der Waals surface area (Å²) in [6.45, 7) is 3.08. The molecule has 21 heavy (non-hydrogen) atoms. The molecule has 0 saturated carbocycles. The van der Waals surface area contributed by atoms with Crippen molar-refractivity contribution < 1.29 is 19.5 Å². The summed E-state index contributed by atoms with van der Waals surface area (Å²) >= 11 is 0. The van der Waals surface area contributed by atoms with Crippen molar-refractivity contribution in [3.05, 3.63) is 29.3 Å². The molecule has 0 aliphatic carbocycles. The van der Waals surface area contributed by atoms with E-state index >= 15 is 0 Å². The zero-order valence-electron chi connectivity index (χ0n) is 12.2. The maximum absolute atomic E-state index is 12.3. The lowest BCUT2D eigenvalue weighted by Gasteiger charge is -2.18. The zero-order valence-corrected chi connectivity index (χ0v) is 12.2. The maximum Gasteiger partial charge on any atom is 0.309 e. The summed E-state index contributed by atoms with van der Waals surface area (Å²) < 4.78 is 0. The van der Waals surface area contributed by atoms with E-state index in [-0.39, 0.29) is 18.1 Å². The van der Waals surface area contributed by atoms with Gasteiger partial charge in [-0.05, 0) is 50.5 Å². The van der Waals surface area contributed by atoms with E-state index in [0.717, 1.165) is 24.1 Å². The van der Waals surface area contributed by atoms with Gasteiger partial charge in [-0.1, -0.05) is 0 Å². The van der Waals surface area contributed by atoms with Crippen molar-refractivity contribution in [2.45, 2.75) is 39.5 Å². The van der Waals surface area contributed by atoms with Crippen molar-refractivity contribution in [3.63, 3.8) is 0 Å². The first kappa shape index (κ1) is 15.2. The second kappa shape index (κ2) is 5.68. The predicted molar refractivity (Wildman–Crippen MR) is 78.4 cm³/mol. The maximum atomic E-state index is 12.3. The lowest BCUT2D eigenvalue weighted by atomic mass is 9.85. The Hall–Kier alpha value is -2.17. The number of benzene rings is 1. The van der Waals surface area contributed by atoms with Crippen LogP contribution in [0.3, 0.4) is 0 Å². The van der Waals surface area contributed by atoms with Crippen LogP contribution in [0.4, 0.5) is 5.69 Å². The molecular weight excluding hydrogens is 270 g/mol. The molecule has 0 bridgehead atoms. The Bertz CT molecular complexity index is 604. The molecule has 2 N–H and O–H groups in total. The number of aryl methyl sites for hydroxylation is 1. The van der Waals surface area contributed by atoms with Crippen molar-refractivity contribution in [2.24, 2.45) is 5.41 Å². The molecule has 112 valence electrons. The van der Waals surface area contributed by atoms with E-state index in [1.54, 1.807) is 18.2 Å². The van der Waals surface area contributed by atoms with Crippen molar-refractivity contribution in [1.82, 2.24) is 0 Å². The van der Waals surface area contributed by atoms with Crippen LogP contribution in [0.1, 0.15) is 49.0 Å². The van der Waals surface area contributed by atoms with Crippen LogP contribution in [-0.4, -0.2) is 22.8 Å². The third-order valence-corrected chi connectivity index (χ3v) is 3.73. The van der Waals surface area contributed by atoms with E-state index in [4.69, 9.17) is 5.11 Å². The minimum atomic E-state index is -1.09. The highest BCUT2D eigenvalue weighted by Gasteiger charge is 2.30. The fraction of sp³-hybridized carbons (Fsp3) is 0.438. The van der Waals surface area contributed by atoms with Crippen LogP contribution in [0, 0.1) is 5.41 Å². The molecule has 2 rings (SSSR count). The summed E-state index contributed by atoms with van der Waals surface area (Å²) in [5.74, 6) is -1.20.